The van der Waals surface area contributed by atoms with E-state index in [1.54, 1.807) is 11.0 Å². The van der Waals surface area contributed by atoms with E-state index in [0.29, 0.717) is 13.1 Å². The molecule has 2 aromatic rings. The van der Waals surface area contributed by atoms with E-state index in [4.69, 9.17) is 0 Å². The molecule has 0 unspecified atom stereocenters. The summed E-state index contributed by atoms with van der Waals surface area (Å²) in [4.78, 5) is 14.2. The molecule has 0 aromatic heterocycles. The number of carbonyl (C=O) groups is 1. The van der Waals surface area contributed by atoms with Crippen molar-refractivity contribution in [2.45, 2.75) is 31.8 Å². The number of likely N-dealkylation sites (tertiary alicyclic amines) is 1. The minimum Gasteiger partial charge on any atom is -0.504 e. The maximum absolute atomic E-state index is 12.6. The number of hydrogen-bond donors (Lipinski definition) is 3. The molecule has 5 heteroatoms. The van der Waals surface area contributed by atoms with Crippen molar-refractivity contribution in [1.29, 1.82) is 0 Å². The number of phenolic OH excluding ortho intramolecular Hbond substituents is 2. The zero-order valence-electron chi connectivity index (χ0n) is 14.7. The van der Waals surface area contributed by atoms with Crippen LogP contribution in [0.25, 0.3) is 0 Å². The number of carbonyl (C=O) groups excluding carboxylic acids is 1. The van der Waals surface area contributed by atoms with Crippen molar-refractivity contribution in [1.82, 2.24) is 4.90 Å². The van der Waals surface area contributed by atoms with Gasteiger partial charge in [0.05, 0.1) is 11.7 Å². The summed E-state index contributed by atoms with van der Waals surface area (Å²) in [5, 5.41) is 29.9. The maximum Gasteiger partial charge on any atom is 0.257 e. The summed E-state index contributed by atoms with van der Waals surface area (Å²) in [7, 11) is 0. The number of benzene rings is 2. The molecule has 0 saturated carbocycles. The molecule has 1 aliphatic heterocycles. The monoisotopic (exact) mass is 355 g/mol. The molecule has 1 amide bonds. The Hall–Kier alpha value is -2.53. The highest BCUT2D eigenvalue weighted by atomic mass is 16.3. The maximum atomic E-state index is 12.6. The Kier molecular flexibility index (Phi) is 5.78. The summed E-state index contributed by atoms with van der Waals surface area (Å²) in [6, 6.07) is 14.5. The van der Waals surface area contributed by atoms with Gasteiger partial charge in [0.25, 0.3) is 5.91 Å². The van der Waals surface area contributed by atoms with Crippen molar-refractivity contribution in [2.24, 2.45) is 5.92 Å². The van der Waals surface area contributed by atoms with Gasteiger partial charge in [0, 0.05) is 13.1 Å². The molecule has 3 rings (SSSR count). The molecule has 1 heterocycles. The predicted octanol–water partition coefficient (Wildman–Crippen LogP) is 2.94. The lowest BCUT2D eigenvalue weighted by atomic mass is 9.88. The van der Waals surface area contributed by atoms with Crippen LogP contribution < -0.4 is 0 Å². The van der Waals surface area contributed by atoms with Crippen LogP contribution in [0, 0.1) is 5.92 Å². The minimum absolute atomic E-state index is 0.119. The van der Waals surface area contributed by atoms with Gasteiger partial charge in [-0.25, -0.2) is 0 Å². The van der Waals surface area contributed by atoms with Crippen LogP contribution in [0.2, 0.25) is 0 Å². The highest BCUT2D eigenvalue weighted by Gasteiger charge is 2.29. The van der Waals surface area contributed by atoms with Crippen LogP contribution in [0.3, 0.4) is 0 Å². The molecule has 2 aromatic carbocycles. The molecule has 0 radical (unpaired) electrons. The van der Waals surface area contributed by atoms with Crippen molar-refractivity contribution in [3.63, 3.8) is 0 Å². The highest BCUT2D eigenvalue weighted by Crippen LogP contribution is 2.31. The van der Waals surface area contributed by atoms with Gasteiger partial charge in [-0.15, -0.1) is 0 Å². The van der Waals surface area contributed by atoms with Crippen LogP contribution >= 0.6 is 0 Å². The van der Waals surface area contributed by atoms with E-state index >= 15 is 0 Å². The second-order valence-electron chi connectivity index (χ2n) is 6.89. The van der Waals surface area contributed by atoms with Gasteiger partial charge in [-0.3, -0.25) is 4.79 Å². The number of phenols is 2. The van der Waals surface area contributed by atoms with E-state index in [1.165, 1.54) is 17.7 Å². The first-order valence-electron chi connectivity index (χ1n) is 9.08. The van der Waals surface area contributed by atoms with E-state index in [1.807, 2.05) is 18.2 Å². The number of rotatable bonds is 5. The van der Waals surface area contributed by atoms with E-state index in [-0.39, 0.29) is 35.0 Å². The van der Waals surface area contributed by atoms with Crippen molar-refractivity contribution in [3.05, 3.63) is 59.7 Å². The lowest BCUT2D eigenvalue weighted by Crippen LogP contribution is -2.41. The van der Waals surface area contributed by atoms with Crippen LogP contribution in [-0.2, 0) is 6.42 Å². The van der Waals surface area contributed by atoms with Crippen LogP contribution in [0.15, 0.2) is 48.5 Å². The molecule has 26 heavy (non-hydrogen) atoms. The molecule has 3 N–H and O–H groups in total. The normalized spacial score (nSPS) is 16.4. The smallest absolute Gasteiger partial charge is 0.257 e. The lowest BCUT2D eigenvalue weighted by molar-refractivity contribution is 0.0435. The highest BCUT2D eigenvalue weighted by molar-refractivity contribution is 5.97. The van der Waals surface area contributed by atoms with Gasteiger partial charge in [0.1, 0.15) is 0 Å². The Labute approximate surface area is 153 Å². The third kappa shape index (κ3) is 4.17. The third-order valence-electron chi connectivity index (χ3n) is 5.19. The second kappa shape index (κ2) is 8.23. The zero-order chi connectivity index (χ0) is 18.5. The van der Waals surface area contributed by atoms with Gasteiger partial charge in [-0.05, 0) is 49.3 Å². The number of piperidine rings is 1. The van der Waals surface area contributed by atoms with Gasteiger partial charge in [0.15, 0.2) is 11.5 Å². The summed E-state index contributed by atoms with van der Waals surface area (Å²) in [5.41, 5.74) is 1.34. The summed E-state index contributed by atoms with van der Waals surface area (Å²) >= 11 is 0. The number of hydrogen-bond acceptors (Lipinski definition) is 4. The predicted molar refractivity (Wildman–Crippen MR) is 99.2 cm³/mol. The largest absolute Gasteiger partial charge is 0.504 e. The molecular formula is C21H25NO4. The minimum atomic E-state index is -0.373. The molecule has 0 spiro atoms. The quantitative estimate of drug-likeness (QED) is 0.721. The molecular weight excluding hydrogens is 330 g/mol. The number of amides is 1. The third-order valence-corrected chi connectivity index (χ3v) is 5.19. The molecule has 138 valence electrons. The molecule has 1 saturated heterocycles. The Morgan fingerprint density at radius 2 is 1.73 bits per heavy atom. The fourth-order valence-electron chi connectivity index (χ4n) is 3.56. The summed E-state index contributed by atoms with van der Waals surface area (Å²) in [5.74, 6) is -0.763. The molecule has 1 atom stereocenters. The Morgan fingerprint density at radius 1 is 1.04 bits per heavy atom. The molecule has 1 fully saturated rings. The van der Waals surface area contributed by atoms with Gasteiger partial charge >= 0.3 is 0 Å². The van der Waals surface area contributed by atoms with Crippen molar-refractivity contribution in [3.8, 4) is 11.5 Å². The first-order chi connectivity index (χ1) is 12.6. The van der Waals surface area contributed by atoms with Crippen LogP contribution in [-0.4, -0.2) is 45.3 Å². The van der Waals surface area contributed by atoms with Crippen LogP contribution in [0.4, 0.5) is 0 Å². The van der Waals surface area contributed by atoms with E-state index in [0.717, 1.165) is 25.7 Å². The van der Waals surface area contributed by atoms with Gasteiger partial charge < -0.3 is 20.2 Å². The molecule has 0 bridgehead atoms. The first kappa shape index (κ1) is 18.3. The van der Waals surface area contributed by atoms with E-state index < -0.39 is 0 Å². The SMILES string of the molecule is O=C(c1cccc(O)c1O)N1CCC([C@@H](O)CCc2ccccc2)CC1. The lowest BCUT2D eigenvalue weighted by Gasteiger charge is -2.34. The fraction of sp³-hybridized carbons (Fsp3) is 0.381. The summed E-state index contributed by atoms with van der Waals surface area (Å²) < 4.78 is 0. The van der Waals surface area contributed by atoms with Gasteiger partial charge in [-0.2, -0.15) is 0 Å². The number of aryl methyl sites for hydroxylation is 1. The summed E-state index contributed by atoms with van der Waals surface area (Å²) in [6.45, 7) is 1.09. The Morgan fingerprint density at radius 3 is 2.42 bits per heavy atom. The van der Waals surface area contributed by atoms with Crippen LogP contribution in [0.5, 0.6) is 11.5 Å². The average Bonchev–Trinajstić information content (AvgIpc) is 2.68. The zero-order valence-corrected chi connectivity index (χ0v) is 14.7. The summed E-state index contributed by atoms with van der Waals surface area (Å²) in [6.07, 6.45) is 2.67. The average molecular weight is 355 g/mol. The fourth-order valence-corrected chi connectivity index (χ4v) is 3.56. The van der Waals surface area contributed by atoms with E-state index in [9.17, 15) is 20.1 Å². The van der Waals surface area contributed by atoms with E-state index in [2.05, 4.69) is 12.1 Å². The Balaban J connectivity index is 1.52. The molecule has 1 aliphatic rings. The number of aliphatic hydroxyl groups excluding tert-OH is 1. The topological polar surface area (TPSA) is 81.0 Å². The standard InChI is InChI=1S/C21H25NO4/c23-18(10-9-15-5-2-1-3-6-15)16-11-13-22(14-12-16)21(26)17-7-4-8-19(24)20(17)25/h1-8,16,18,23-25H,9-14H2/t18-/m0/s1. The number of aliphatic hydroxyl groups is 1. The number of nitrogens with zero attached hydrogens (tertiary/aromatic N) is 1. The van der Waals surface area contributed by atoms with Crippen molar-refractivity contribution in [2.75, 3.05) is 13.1 Å². The van der Waals surface area contributed by atoms with Gasteiger partial charge in [0.2, 0.25) is 0 Å². The van der Waals surface area contributed by atoms with Crippen molar-refractivity contribution >= 4 is 5.91 Å². The van der Waals surface area contributed by atoms with Gasteiger partial charge in [-0.1, -0.05) is 36.4 Å². The molecule has 5 nitrogen and oxygen atoms in total. The van der Waals surface area contributed by atoms with Crippen molar-refractivity contribution < 1.29 is 20.1 Å². The number of aromatic hydroxyl groups is 2. The van der Waals surface area contributed by atoms with Crippen LogP contribution in [0.1, 0.15) is 35.2 Å². The molecule has 0 aliphatic carbocycles. The first-order valence-corrected chi connectivity index (χ1v) is 9.08. The Bertz CT molecular complexity index is 739. The number of para-hydroxylation sites is 1. The second-order valence-corrected chi connectivity index (χ2v) is 6.89.